The van der Waals surface area contributed by atoms with Gasteiger partial charge in [0.1, 0.15) is 0 Å². The van der Waals surface area contributed by atoms with E-state index in [1.54, 1.807) is 12.1 Å². The molecule has 23 heavy (non-hydrogen) atoms. The van der Waals surface area contributed by atoms with Gasteiger partial charge in [0.15, 0.2) is 0 Å². The number of alkyl halides is 3. The molecule has 1 aromatic heterocycles. The van der Waals surface area contributed by atoms with Crippen molar-refractivity contribution in [3.05, 3.63) is 58.6 Å². The number of halogens is 4. The summed E-state index contributed by atoms with van der Waals surface area (Å²) < 4.78 is 43.6. The smallest absolute Gasteiger partial charge is 0.334 e. The summed E-state index contributed by atoms with van der Waals surface area (Å²) in [5, 5.41) is 3.85. The van der Waals surface area contributed by atoms with Crippen LogP contribution in [0.15, 0.2) is 47.0 Å². The highest BCUT2D eigenvalue weighted by atomic mass is 35.5. The first-order valence-electron chi connectivity index (χ1n) is 6.62. The lowest BCUT2D eigenvalue weighted by molar-refractivity contribution is -0.137. The normalized spacial score (nSPS) is 11.7. The highest BCUT2D eigenvalue weighted by Crippen LogP contribution is 2.35. The molecule has 0 amide bonds. The highest BCUT2D eigenvalue weighted by molar-refractivity contribution is 6.33. The molecule has 3 rings (SSSR count). The van der Waals surface area contributed by atoms with Crippen molar-refractivity contribution < 1.29 is 17.7 Å². The van der Waals surface area contributed by atoms with E-state index in [0.717, 1.165) is 17.7 Å². The number of aryl methyl sites for hydroxylation is 1. The predicted octanol–water partition coefficient (Wildman–Crippen LogP) is 5.38. The van der Waals surface area contributed by atoms with Crippen LogP contribution in [0.2, 0.25) is 5.02 Å². The number of benzene rings is 2. The second kappa shape index (κ2) is 5.70. The van der Waals surface area contributed by atoms with Crippen molar-refractivity contribution in [2.45, 2.75) is 13.1 Å². The zero-order valence-electron chi connectivity index (χ0n) is 11.9. The third kappa shape index (κ3) is 3.22. The fraction of sp³-hybridized carbons (Fsp3) is 0.125. The molecule has 0 atom stereocenters. The molecule has 0 bridgehead atoms. The monoisotopic (exact) mass is 338 g/mol. The van der Waals surface area contributed by atoms with Gasteiger partial charge < -0.3 is 4.52 Å². The molecule has 0 unspecified atom stereocenters. The van der Waals surface area contributed by atoms with Gasteiger partial charge in [-0.2, -0.15) is 18.2 Å². The number of nitrogens with zero attached hydrogens (tertiary/aromatic N) is 2. The van der Waals surface area contributed by atoms with E-state index < -0.39 is 11.7 Å². The topological polar surface area (TPSA) is 38.9 Å². The van der Waals surface area contributed by atoms with E-state index in [-0.39, 0.29) is 22.3 Å². The van der Waals surface area contributed by atoms with Crippen molar-refractivity contribution in [2.24, 2.45) is 0 Å². The molecular weight excluding hydrogens is 329 g/mol. The SMILES string of the molecule is Cc1ccc(-c2nc(-c3cc(C(F)(F)F)ccc3Cl)no2)cc1. The highest BCUT2D eigenvalue weighted by Gasteiger charge is 2.31. The lowest BCUT2D eigenvalue weighted by Crippen LogP contribution is -2.04. The Balaban J connectivity index is 2.02. The molecule has 0 N–H and O–H groups in total. The van der Waals surface area contributed by atoms with Crippen molar-refractivity contribution >= 4 is 11.6 Å². The minimum atomic E-state index is -4.47. The summed E-state index contributed by atoms with van der Waals surface area (Å²) in [6, 6.07) is 10.3. The Hall–Kier alpha value is -2.34. The second-order valence-corrected chi connectivity index (χ2v) is 5.39. The van der Waals surface area contributed by atoms with Crippen molar-refractivity contribution in [3.63, 3.8) is 0 Å². The zero-order chi connectivity index (χ0) is 16.6. The molecule has 0 radical (unpaired) electrons. The van der Waals surface area contributed by atoms with Crippen molar-refractivity contribution in [3.8, 4) is 22.8 Å². The second-order valence-electron chi connectivity index (χ2n) is 4.98. The van der Waals surface area contributed by atoms with Crippen LogP contribution in [0.4, 0.5) is 13.2 Å². The summed E-state index contributed by atoms with van der Waals surface area (Å²) in [6.45, 7) is 1.94. The van der Waals surface area contributed by atoms with Crippen LogP contribution in [0.3, 0.4) is 0 Å². The van der Waals surface area contributed by atoms with Crippen LogP contribution in [0.25, 0.3) is 22.8 Å². The minimum Gasteiger partial charge on any atom is -0.334 e. The molecular formula is C16H10ClF3N2O. The lowest BCUT2D eigenvalue weighted by Gasteiger charge is -2.08. The molecule has 0 spiro atoms. The van der Waals surface area contributed by atoms with E-state index in [2.05, 4.69) is 10.1 Å². The Morgan fingerprint density at radius 2 is 1.74 bits per heavy atom. The van der Waals surface area contributed by atoms with E-state index in [0.29, 0.717) is 5.56 Å². The first-order valence-corrected chi connectivity index (χ1v) is 7.00. The summed E-state index contributed by atoms with van der Waals surface area (Å²) in [5.41, 5.74) is 0.994. The maximum atomic E-state index is 12.8. The number of rotatable bonds is 2. The van der Waals surface area contributed by atoms with E-state index in [1.165, 1.54) is 6.07 Å². The maximum absolute atomic E-state index is 12.8. The Bertz CT molecular complexity index is 841. The van der Waals surface area contributed by atoms with Gasteiger partial charge >= 0.3 is 6.18 Å². The van der Waals surface area contributed by atoms with Crippen molar-refractivity contribution in [1.29, 1.82) is 0 Å². The standard InChI is InChI=1S/C16H10ClF3N2O/c1-9-2-4-10(5-3-9)15-21-14(22-23-15)12-8-11(16(18,19)20)6-7-13(12)17/h2-8H,1H3. The number of aromatic nitrogens is 2. The van der Waals surface area contributed by atoms with Crippen LogP contribution < -0.4 is 0 Å². The van der Waals surface area contributed by atoms with Crippen LogP contribution in [-0.4, -0.2) is 10.1 Å². The molecule has 0 aliphatic rings. The average Bonchev–Trinajstić information content (AvgIpc) is 2.97. The van der Waals surface area contributed by atoms with Gasteiger partial charge in [0.2, 0.25) is 5.82 Å². The van der Waals surface area contributed by atoms with Crippen LogP contribution in [0, 0.1) is 6.92 Å². The fourth-order valence-electron chi connectivity index (χ4n) is 2.02. The molecule has 0 aliphatic carbocycles. The Kier molecular flexibility index (Phi) is 3.85. The Morgan fingerprint density at radius 3 is 2.39 bits per heavy atom. The Labute approximate surface area is 134 Å². The van der Waals surface area contributed by atoms with Crippen LogP contribution in [-0.2, 0) is 6.18 Å². The average molecular weight is 339 g/mol. The van der Waals surface area contributed by atoms with Crippen LogP contribution in [0.5, 0.6) is 0 Å². The van der Waals surface area contributed by atoms with Gasteiger partial charge in [-0.05, 0) is 37.3 Å². The van der Waals surface area contributed by atoms with E-state index in [1.807, 2.05) is 19.1 Å². The van der Waals surface area contributed by atoms with Gasteiger partial charge in [0.05, 0.1) is 10.6 Å². The van der Waals surface area contributed by atoms with E-state index in [4.69, 9.17) is 16.1 Å². The van der Waals surface area contributed by atoms with Gasteiger partial charge in [0, 0.05) is 11.1 Å². The third-order valence-electron chi connectivity index (χ3n) is 3.26. The molecule has 2 aromatic carbocycles. The summed E-state index contributed by atoms with van der Waals surface area (Å²) in [5.74, 6) is 0.227. The number of hydrogen-bond acceptors (Lipinski definition) is 3. The van der Waals surface area contributed by atoms with Gasteiger partial charge in [-0.25, -0.2) is 0 Å². The summed E-state index contributed by atoms with van der Waals surface area (Å²) in [7, 11) is 0. The molecule has 3 nitrogen and oxygen atoms in total. The first kappa shape index (κ1) is 15.6. The number of hydrogen-bond donors (Lipinski definition) is 0. The molecule has 7 heteroatoms. The van der Waals surface area contributed by atoms with E-state index in [9.17, 15) is 13.2 Å². The zero-order valence-corrected chi connectivity index (χ0v) is 12.6. The summed E-state index contributed by atoms with van der Waals surface area (Å²) >= 11 is 5.97. The van der Waals surface area contributed by atoms with Gasteiger partial charge in [-0.3, -0.25) is 0 Å². The molecule has 1 heterocycles. The molecule has 3 aromatic rings. The van der Waals surface area contributed by atoms with Crippen molar-refractivity contribution in [1.82, 2.24) is 10.1 Å². The summed E-state index contributed by atoms with van der Waals surface area (Å²) in [4.78, 5) is 4.13. The third-order valence-corrected chi connectivity index (χ3v) is 3.59. The molecule has 0 fully saturated rings. The predicted molar refractivity (Wildman–Crippen MR) is 79.9 cm³/mol. The van der Waals surface area contributed by atoms with Crippen molar-refractivity contribution in [2.75, 3.05) is 0 Å². The molecule has 0 aliphatic heterocycles. The summed E-state index contributed by atoms with van der Waals surface area (Å²) in [6.07, 6.45) is -4.47. The Morgan fingerprint density at radius 1 is 1.04 bits per heavy atom. The molecule has 118 valence electrons. The first-order chi connectivity index (χ1) is 10.8. The van der Waals surface area contributed by atoms with Gasteiger partial charge in [-0.1, -0.05) is 34.5 Å². The largest absolute Gasteiger partial charge is 0.416 e. The maximum Gasteiger partial charge on any atom is 0.416 e. The quantitative estimate of drug-likeness (QED) is 0.629. The molecule has 0 saturated carbocycles. The van der Waals surface area contributed by atoms with Gasteiger partial charge in [0.25, 0.3) is 5.89 Å². The van der Waals surface area contributed by atoms with E-state index >= 15 is 0 Å². The minimum absolute atomic E-state index is 0.0108. The van der Waals surface area contributed by atoms with Crippen LogP contribution in [0.1, 0.15) is 11.1 Å². The van der Waals surface area contributed by atoms with Crippen LogP contribution >= 0.6 is 11.6 Å². The lowest BCUT2D eigenvalue weighted by atomic mass is 10.1. The fourth-order valence-corrected chi connectivity index (χ4v) is 2.22. The van der Waals surface area contributed by atoms with Gasteiger partial charge in [-0.15, -0.1) is 0 Å². The molecule has 0 saturated heterocycles.